The summed E-state index contributed by atoms with van der Waals surface area (Å²) in [5, 5.41) is 16.6. The highest BCUT2D eigenvalue weighted by atomic mass is 16.2. The molecular weight excluding hydrogens is 398 g/mol. The Morgan fingerprint density at radius 2 is 2.03 bits per heavy atom. The van der Waals surface area contributed by atoms with Crippen molar-refractivity contribution in [2.45, 2.75) is 24.8 Å². The molecule has 1 spiro atoms. The van der Waals surface area contributed by atoms with Gasteiger partial charge in [0.2, 0.25) is 5.91 Å². The van der Waals surface area contributed by atoms with Crippen LogP contribution in [0.3, 0.4) is 0 Å². The van der Waals surface area contributed by atoms with Crippen LogP contribution in [0.2, 0.25) is 0 Å². The van der Waals surface area contributed by atoms with Crippen molar-refractivity contribution in [3.05, 3.63) is 66.0 Å². The molecule has 1 aliphatic carbocycles. The van der Waals surface area contributed by atoms with Crippen LogP contribution in [0.1, 0.15) is 24.0 Å². The van der Waals surface area contributed by atoms with Crippen LogP contribution in [0.25, 0.3) is 5.69 Å². The number of urea groups is 1. The number of hydrogen-bond donors (Lipinski definition) is 2. The first-order valence-electron chi connectivity index (χ1n) is 9.93. The lowest BCUT2D eigenvalue weighted by atomic mass is 9.76. The molecule has 31 heavy (non-hydrogen) atoms. The van der Waals surface area contributed by atoms with Gasteiger partial charge in [0.25, 0.3) is 5.91 Å². The van der Waals surface area contributed by atoms with Crippen molar-refractivity contribution < 1.29 is 14.4 Å². The zero-order valence-corrected chi connectivity index (χ0v) is 16.5. The predicted molar refractivity (Wildman–Crippen MR) is 109 cm³/mol. The normalized spacial score (nSPS) is 19.9. The number of hydrogen-bond acceptors (Lipinski definition) is 6. The number of anilines is 1. The molecule has 2 aromatic carbocycles. The molecule has 2 N–H and O–H groups in total. The van der Waals surface area contributed by atoms with E-state index in [1.54, 1.807) is 24.3 Å². The molecule has 156 valence electrons. The molecule has 3 aromatic rings. The van der Waals surface area contributed by atoms with Crippen molar-refractivity contribution in [3.63, 3.8) is 0 Å². The maximum Gasteiger partial charge on any atom is 0.325 e. The number of amides is 4. The second-order valence-electron chi connectivity index (χ2n) is 7.59. The van der Waals surface area contributed by atoms with Gasteiger partial charge in [0, 0.05) is 5.69 Å². The Labute approximate surface area is 177 Å². The summed E-state index contributed by atoms with van der Waals surface area (Å²) in [6, 6.07) is 14.0. The van der Waals surface area contributed by atoms with Gasteiger partial charge in [-0.05, 0) is 59.0 Å². The van der Waals surface area contributed by atoms with Crippen LogP contribution >= 0.6 is 0 Å². The lowest BCUT2D eigenvalue weighted by molar-refractivity contribution is -0.134. The summed E-state index contributed by atoms with van der Waals surface area (Å²) in [5.74, 6) is -0.860. The van der Waals surface area contributed by atoms with E-state index in [2.05, 4.69) is 26.2 Å². The Balaban J connectivity index is 1.33. The van der Waals surface area contributed by atoms with Crippen molar-refractivity contribution in [1.82, 2.24) is 30.4 Å². The van der Waals surface area contributed by atoms with Crippen LogP contribution in [-0.4, -0.2) is 49.5 Å². The van der Waals surface area contributed by atoms with E-state index < -0.39 is 17.5 Å². The van der Waals surface area contributed by atoms with E-state index in [1.165, 1.54) is 11.0 Å². The third-order valence-corrected chi connectivity index (χ3v) is 5.70. The fourth-order valence-corrected chi connectivity index (χ4v) is 4.30. The minimum absolute atomic E-state index is 0.371. The number of benzene rings is 2. The molecule has 2 aliphatic rings. The Kier molecular flexibility index (Phi) is 4.46. The summed E-state index contributed by atoms with van der Waals surface area (Å²) in [7, 11) is 0. The van der Waals surface area contributed by atoms with Gasteiger partial charge < -0.3 is 10.6 Å². The highest BCUT2D eigenvalue weighted by molar-refractivity contribution is 6.10. The summed E-state index contributed by atoms with van der Waals surface area (Å²) in [5.41, 5.74) is 1.94. The molecule has 1 atom stereocenters. The first-order chi connectivity index (χ1) is 15.1. The smallest absolute Gasteiger partial charge is 0.324 e. The van der Waals surface area contributed by atoms with Gasteiger partial charge in [0.1, 0.15) is 18.4 Å². The fourth-order valence-electron chi connectivity index (χ4n) is 4.30. The first-order valence-corrected chi connectivity index (χ1v) is 9.93. The number of carbonyl (C=O) groups excluding carboxylic acids is 3. The molecule has 0 bridgehead atoms. The van der Waals surface area contributed by atoms with Crippen LogP contribution in [-0.2, 0) is 21.5 Å². The standard InChI is InChI=1S/C21H19N7O3/c29-18(23-15-7-3-8-16(11-15)28-13-22-25-26-28)12-27-19(30)21(24-20(27)31)10-4-6-14-5-1-2-9-17(14)21/h1-3,5,7-9,11,13H,4,6,10,12H2,(H,23,29)(H,24,31). The van der Waals surface area contributed by atoms with E-state index in [9.17, 15) is 14.4 Å². The van der Waals surface area contributed by atoms with E-state index >= 15 is 0 Å². The van der Waals surface area contributed by atoms with Crippen LogP contribution in [0.4, 0.5) is 10.5 Å². The summed E-state index contributed by atoms with van der Waals surface area (Å²) >= 11 is 0. The molecule has 0 radical (unpaired) electrons. The van der Waals surface area contributed by atoms with Gasteiger partial charge >= 0.3 is 6.03 Å². The van der Waals surface area contributed by atoms with Gasteiger partial charge in [0.05, 0.1) is 5.69 Å². The zero-order chi connectivity index (χ0) is 21.4. The van der Waals surface area contributed by atoms with Crippen molar-refractivity contribution in [3.8, 4) is 5.69 Å². The van der Waals surface area contributed by atoms with E-state index in [1.807, 2.05) is 24.3 Å². The molecule has 10 nitrogen and oxygen atoms in total. The van der Waals surface area contributed by atoms with Crippen molar-refractivity contribution in [2.24, 2.45) is 0 Å². The number of aryl methyl sites for hydroxylation is 1. The fraction of sp³-hybridized carbons (Fsp3) is 0.238. The lowest BCUT2D eigenvalue weighted by Gasteiger charge is -2.33. The van der Waals surface area contributed by atoms with Crippen LogP contribution < -0.4 is 10.6 Å². The molecule has 4 amide bonds. The topological polar surface area (TPSA) is 122 Å². The van der Waals surface area contributed by atoms with Gasteiger partial charge in [-0.3, -0.25) is 14.5 Å². The Morgan fingerprint density at radius 1 is 1.16 bits per heavy atom. The minimum Gasteiger partial charge on any atom is -0.324 e. The number of imide groups is 1. The van der Waals surface area contributed by atoms with Crippen molar-refractivity contribution in [1.29, 1.82) is 0 Å². The molecule has 1 aliphatic heterocycles. The predicted octanol–water partition coefficient (Wildman–Crippen LogP) is 1.38. The molecule has 1 unspecified atom stereocenters. The quantitative estimate of drug-likeness (QED) is 0.619. The maximum atomic E-state index is 13.3. The molecule has 10 heteroatoms. The van der Waals surface area contributed by atoms with E-state index in [0.29, 0.717) is 17.8 Å². The highest BCUT2D eigenvalue weighted by Crippen LogP contribution is 2.39. The third kappa shape index (κ3) is 3.21. The monoisotopic (exact) mass is 417 g/mol. The lowest BCUT2D eigenvalue weighted by Crippen LogP contribution is -2.47. The average molecular weight is 417 g/mol. The molecule has 0 saturated carbocycles. The SMILES string of the molecule is O=C(CN1C(=O)NC2(CCCc3ccccc32)C1=O)Nc1cccc(-n2cnnn2)c1. The van der Waals surface area contributed by atoms with Gasteiger partial charge in [-0.25, -0.2) is 9.48 Å². The molecule has 1 aromatic heterocycles. The largest absolute Gasteiger partial charge is 0.325 e. The number of fused-ring (bicyclic) bond motifs is 2. The molecule has 5 rings (SSSR count). The van der Waals surface area contributed by atoms with E-state index in [-0.39, 0.29) is 12.5 Å². The second kappa shape index (κ2) is 7.31. The van der Waals surface area contributed by atoms with Crippen LogP contribution in [0.15, 0.2) is 54.9 Å². The number of aromatic nitrogens is 4. The number of nitrogens with zero attached hydrogens (tertiary/aromatic N) is 5. The van der Waals surface area contributed by atoms with E-state index in [0.717, 1.165) is 28.9 Å². The highest BCUT2D eigenvalue weighted by Gasteiger charge is 2.54. The Bertz CT molecular complexity index is 1180. The maximum absolute atomic E-state index is 13.3. The number of nitrogens with one attached hydrogen (secondary N) is 2. The van der Waals surface area contributed by atoms with Gasteiger partial charge in [-0.15, -0.1) is 5.10 Å². The average Bonchev–Trinajstić information content (AvgIpc) is 3.39. The molecule has 2 heterocycles. The van der Waals surface area contributed by atoms with Gasteiger partial charge in [0.15, 0.2) is 0 Å². The number of carbonyl (C=O) groups is 3. The Hall–Kier alpha value is -4.08. The molecule has 1 fully saturated rings. The second-order valence-corrected chi connectivity index (χ2v) is 7.59. The summed E-state index contributed by atoms with van der Waals surface area (Å²) in [6.45, 7) is -0.371. The van der Waals surface area contributed by atoms with Gasteiger partial charge in [-0.1, -0.05) is 30.3 Å². The third-order valence-electron chi connectivity index (χ3n) is 5.70. The van der Waals surface area contributed by atoms with E-state index in [4.69, 9.17) is 0 Å². The van der Waals surface area contributed by atoms with Crippen molar-refractivity contribution in [2.75, 3.05) is 11.9 Å². The zero-order valence-electron chi connectivity index (χ0n) is 16.5. The first kappa shape index (κ1) is 18.9. The van der Waals surface area contributed by atoms with Gasteiger partial charge in [-0.2, -0.15) is 0 Å². The number of rotatable bonds is 4. The van der Waals surface area contributed by atoms with Crippen molar-refractivity contribution >= 4 is 23.5 Å². The number of tetrazole rings is 1. The summed E-state index contributed by atoms with van der Waals surface area (Å²) in [6.07, 6.45) is 3.60. The van der Waals surface area contributed by atoms with Crippen LogP contribution in [0.5, 0.6) is 0 Å². The Morgan fingerprint density at radius 3 is 2.87 bits per heavy atom. The molecular formula is C21H19N7O3. The summed E-state index contributed by atoms with van der Waals surface area (Å²) < 4.78 is 1.46. The minimum atomic E-state index is -1.09. The summed E-state index contributed by atoms with van der Waals surface area (Å²) in [4.78, 5) is 39.6. The van der Waals surface area contributed by atoms with Crippen LogP contribution in [0, 0.1) is 0 Å². The molecule has 1 saturated heterocycles.